The summed E-state index contributed by atoms with van der Waals surface area (Å²) in [5.41, 5.74) is 0.182. The zero-order valence-corrected chi connectivity index (χ0v) is 11.2. The Morgan fingerprint density at radius 3 is 2.53 bits per heavy atom. The van der Waals surface area contributed by atoms with E-state index in [4.69, 9.17) is 5.11 Å². The van der Waals surface area contributed by atoms with Gasteiger partial charge < -0.3 is 10.4 Å². The molecule has 0 heterocycles. The fourth-order valence-corrected chi connectivity index (χ4v) is 1.64. The van der Waals surface area contributed by atoms with Crippen LogP contribution in [0.1, 0.15) is 34.6 Å². The van der Waals surface area contributed by atoms with Crippen molar-refractivity contribution in [3.8, 4) is 0 Å². The summed E-state index contributed by atoms with van der Waals surface area (Å²) in [6.45, 7) is 4.47. The Morgan fingerprint density at radius 1 is 1.35 bits per heavy atom. The Labute approximate surface area is 108 Å². The van der Waals surface area contributed by atoms with Crippen molar-refractivity contribution in [1.29, 1.82) is 0 Å². The second-order valence-corrected chi connectivity index (χ2v) is 5.01. The number of hydrogen-bond acceptors (Lipinski definition) is 2. The molecular formula is C12H14BrNO3. The van der Waals surface area contributed by atoms with E-state index in [0.717, 1.165) is 0 Å². The summed E-state index contributed by atoms with van der Waals surface area (Å²) in [5.74, 6) is -1.15. The maximum atomic E-state index is 11.8. The average Bonchev–Trinajstić information content (AvgIpc) is 2.25. The molecule has 4 nitrogen and oxygen atoms in total. The van der Waals surface area contributed by atoms with Crippen LogP contribution >= 0.6 is 15.9 Å². The Kier molecular flexibility index (Phi) is 4.69. The number of benzene rings is 1. The highest BCUT2D eigenvalue weighted by molar-refractivity contribution is 9.10. The summed E-state index contributed by atoms with van der Waals surface area (Å²) in [6, 6.07) is 4.58. The van der Waals surface area contributed by atoms with Crippen LogP contribution in [-0.2, 0) is 0 Å². The second kappa shape index (κ2) is 5.82. The molecule has 1 aromatic rings. The number of carbonyl (C=O) groups excluding carboxylic acids is 1. The van der Waals surface area contributed by atoms with Gasteiger partial charge in [-0.1, -0.05) is 29.8 Å². The molecule has 1 aromatic carbocycles. The van der Waals surface area contributed by atoms with Crippen LogP contribution in [0, 0.1) is 5.92 Å². The van der Waals surface area contributed by atoms with E-state index >= 15 is 0 Å². The summed E-state index contributed by atoms with van der Waals surface area (Å²) in [4.78, 5) is 22.8. The summed E-state index contributed by atoms with van der Waals surface area (Å²) in [5, 5.41) is 11.7. The van der Waals surface area contributed by atoms with Gasteiger partial charge in [0, 0.05) is 11.0 Å². The van der Waals surface area contributed by atoms with Crippen molar-refractivity contribution in [3.63, 3.8) is 0 Å². The number of carboxylic acids is 1. The third-order valence-corrected chi connectivity index (χ3v) is 2.62. The lowest BCUT2D eigenvalue weighted by Gasteiger charge is -2.09. The number of nitrogens with one attached hydrogen (secondary N) is 1. The third-order valence-electron chi connectivity index (χ3n) is 2.13. The van der Waals surface area contributed by atoms with E-state index < -0.39 is 5.97 Å². The Hall–Kier alpha value is -1.36. The minimum Gasteiger partial charge on any atom is -0.478 e. The fraction of sp³-hybridized carbons (Fsp3) is 0.333. The highest BCUT2D eigenvalue weighted by Crippen LogP contribution is 2.17. The molecule has 0 aliphatic heterocycles. The van der Waals surface area contributed by atoms with Crippen molar-refractivity contribution in [2.75, 3.05) is 6.54 Å². The molecule has 0 radical (unpaired) electrons. The largest absolute Gasteiger partial charge is 0.478 e. The summed E-state index contributed by atoms with van der Waals surface area (Å²) in [6.07, 6.45) is 0. The van der Waals surface area contributed by atoms with E-state index in [1.54, 1.807) is 6.07 Å². The zero-order valence-electron chi connectivity index (χ0n) is 9.66. The minimum atomic E-state index is -1.11. The maximum Gasteiger partial charge on any atom is 0.336 e. The highest BCUT2D eigenvalue weighted by atomic mass is 79.9. The van der Waals surface area contributed by atoms with Crippen LogP contribution in [0.3, 0.4) is 0 Å². The zero-order chi connectivity index (χ0) is 13.0. The van der Waals surface area contributed by atoms with Crippen molar-refractivity contribution in [3.05, 3.63) is 33.8 Å². The van der Waals surface area contributed by atoms with Gasteiger partial charge in [0.1, 0.15) is 0 Å². The molecule has 0 aliphatic rings. The molecule has 0 aromatic heterocycles. The predicted molar refractivity (Wildman–Crippen MR) is 68.3 cm³/mol. The van der Waals surface area contributed by atoms with Crippen LogP contribution < -0.4 is 5.32 Å². The number of halogens is 1. The van der Waals surface area contributed by atoms with Crippen LogP contribution in [0.4, 0.5) is 0 Å². The summed E-state index contributed by atoms with van der Waals surface area (Å²) in [7, 11) is 0. The van der Waals surface area contributed by atoms with Gasteiger partial charge in [-0.25, -0.2) is 4.79 Å². The SMILES string of the molecule is CC(C)CNC(=O)c1ccc(Br)cc1C(=O)O. The highest BCUT2D eigenvalue weighted by Gasteiger charge is 2.16. The van der Waals surface area contributed by atoms with Crippen molar-refractivity contribution in [1.82, 2.24) is 5.32 Å². The number of aromatic carboxylic acids is 1. The van der Waals surface area contributed by atoms with Gasteiger partial charge in [0.25, 0.3) is 5.91 Å². The number of carboxylic acid groups (broad SMARTS) is 1. The molecule has 17 heavy (non-hydrogen) atoms. The van der Waals surface area contributed by atoms with Crippen molar-refractivity contribution in [2.45, 2.75) is 13.8 Å². The smallest absolute Gasteiger partial charge is 0.336 e. The van der Waals surface area contributed by atoms with Gasteiger partial charge in [-0.3, -0.25) is 4.79 Å². The minimum absolute atomic E-state index is 0.000584. The van der Waals surface area contributed by atoms with Gasteiger partial charge in [-0.05, 0) is 24.1 Å². The van der Waals surface area contributed by atoms with E-state index in [-0.39, 0.29) is 17.0 Å². The molecule has 92 valence electrons. The Morgan fingerprint density at radius 2 is 2.00 bits per heavy atom. The van der Waals surface area contributed by atoms with Crippen LogP contribution in [0.5, 0.6) is 0 Å². The topological polar surface area (TPSA) is 66.4 Å². The summed E-state index contributed by atoms with van der Waals surface area (Å²) >= 11 is 3.18. The van der Waals surface area contributed by atoms with Gasteiger partial charge in [-0.2, -0.15) is 0 Å². The molecule has 0 unspecified atom stereocenters. The Bertz CT molecular complexity index is 443. The Balaban J connectivity index is 2.96. The van der Waals surface area contributed by atoms with Gasteiger partial charge in [0.2, 0.25) is 0 Å². The molecule has 2 N–H and O–H groups in total. The molecule has 0 saturated heterocycles. The second-order valence-electron chi connectivity index (χ2n) is 4.10. The molecule has 0 bridgehead atoms. The first kappa shape index (κ1) is 13.7. The third kappa shape index (κ3) is 3.85. The quantitative estimate of drug-likeness (QED) is 0.898. The molecule has 0 fully saturated rings. The van der Waals surface area contributed by atoms with Crippen LogP contribution in [0.2, 0.25) is 0 Å². The molecule has 0 atom stereocenters. The molecule has 0 saturated carbocycles. The van der Waals surface area contributed by atoms with Crippen molar-refractivity contribution < 1.29 is 14.7 Å². The van der Waals surface area contributed by atoms with Crippen LogP contribution in [0.15, 0.2) is 22.7 Å². The molecular weight excluding hydrogens is 286 g/mol. The molecule has 0 spiro atoms. The average molecular weight is 300 g/mol. The van der Waals surface area contributed by atoms with Crippen molar-refractivity contribution >= 4 is 27.8 Å². The lowest BCUT2D eigenvalue weighted by atomic mass is 10.1. The van der Waals surface area contributed by atoms with Crippen molar-refractivity contribution in [2.24, 2.45) is 5.92 Å². The standard InChI is InChI=1S/C12H14BrNO3/c1-7(2)6-14-11(15)9-4-3-8(13)5-10(9)12(16)17/h3-5,7H,6H2,1-2H3,(H,14,15)(H,16,17). The monoisotopic (exact) mass is 299 g/mol. The first-order chi connectivity index (χ1) is 7.91. The van der Waals surface area contributed by atoms with Crippen LogP contribution in [0.25, 0.3) is 0 Å². The molecule has 0 aliphatic carbocycles. The van der Waals surface area contributed by atoms with E-state index in [0.29, 0.717) is 16.9 Å². The molecule has 1 amide bonds. The number of carbonyl (C=O) groups is 2. The number of hydrogen-bond donors (Lipinski definition) is 2. The van der Waals surface area contributed by atoms with Gasteiger partial charge in [-0.15, -0.1) is 0 Å². The summed E-state index contributed by atoms with van der Waals surface area (Å²) < 4.78 is 0.635. The lowest BCUT2D eigenvalue weighted by molar-refractivity contribution is 0.0691. The fourth-order valence-electron chi connectivity index (χ4n) is 1.28. The van der Waals surface area contributed by atoms with Gasteiger partial charge >= 0.3 is 5.97 Å². The van der Waals surface area contributed by atoms with E-state index in [9.17, 15) is 9.59 Å². The lowest BCUT2D eigenvalue weighted by Crippen LogP contribution is -2.28. The van der Waals surface area contributed by atoms with E-state index in [2.05, 4.69) is 21.2 Å². The number of rotatable bonds is 4. The van der Waals surface area contributed by atoms with Gasteiger partial charge in [0.15, 0.2) is 0 Å². The predicted octanol–water partition coefficient (Wildman–Crippen LogP) is 2.53. The van der Waals surface area contributed by atoms with Crippen LogP contribution in [-0.4, -0.2) is 23.5 Å². The molecule has 1 rings (SSSR count). The van der Waals surface area contributed by atoms with E-state index in [1.807, 2.05) is 13.8 Å². The van der Waals surface area contributed by atoms with E-state index in [1.165, 1.54) is 12.1 Å². The number of amides is 1. The first-order valence-electron chi connectivity index (χ1n) is 5.23. The van der Waals surface area contributed by atoms with Gasteiger partial charge in [0.05, 0.1) is 11.1 Å². The first-order valence-corrected chi connectivity index (χ1v) is 6.02. The maximum absolute atomic E-state index is 11.8. The molecule has 5 heteroatoms. The normalized spacial score (nSPS) is 10.4.